The Kier molecular flexibility index (Phi) is 5.01. The second kappa shape index (κ2) is 6.50. The van der Waals surface area contributed by atoms with Crippen molar-refractivity contribution in [3.63, 3.8) is 0 Å². The van der Waals surface area contributed by atoms with Crippen molar-refractivity contribution < 1.29 is 18.7 Å². The zero-order valence-electron chi connectivity index (χ0n) is 10.6. The fraction of sp³-hybridized carbons (Fsp3) is 0.308. The van der Waals surface area contributed by atoms with Gasteiger partial charge >= 0.3 is 5.97 Å². The van der Waals surface area contributed by atoms with Crippen molar-refractivity contribution in [2.24, 2.45) is 0 Å². The van der Waals surface area contributed by atoms with Crippen LogP contribution >= 0.6 is 0 Å². The first-order chi connectivity index (χ1) is 8.95. The van der Waals surface area contributed by atoms with Crippen molar-refractivity contribution in [1.82, 2.24) is 0 Å². The number of esters is 1. The molecule has 1 amide bonds. The van der Waals surface area contributed by atoms with Gasteiger partial charge in [0.05, 0.1) is 6.07 Å². The molecule has 0 fully saturated rings. The van der Waals surface area contributed by atoms with Crippen LogP contribution in [0.1, 0.15) is 13.8 Å². The molecule has 1 rings (SSSR count). The zero-order valence-corrected chi connectivity index (χ0v) is 10.6. The van der Waals surface area contributed by atoms with Crippen LogP contribution in [0, 0.1) is 17.1 Å². The van der Waals surface area contributed by atoms with Gasteiger partial charge in [-0.2, -0.15) is 5.26 Å². The molecule has 0 saturated heterocycles. The molecule has 0 heterocycles. The van der Waals surface area contributed by atoms with E-state index in [-0.39, 0.29) is 0 Å². The van der Waals surface area contributed by atoms with E-state index in [0.29, 0.717) is 5.69 Å². The van der Waals surface area contributed by atoms with Gasteiger partial charge in [-0.05, 0) is 31.2 Å². The average molecular weight is 264 g/mol. The Bertz CT molecular complexity index is 508. The van der Waals surface area contributed by atoms with Crippen molar-refractivity contribution in [1.29, 1.82) is 5.26 Å². The summed E-state index contributed by atoms with van der Waals surface area (Å²) in [6.07, 6.45) is 0. The van der Waals surface area contributed by atoms with Crippen LogP contribution in [-0.2, 0) is 14.3 Å². The molecule has 0 aliphatic heterocycles. The van der Waals surface area contributed by atoms with E-state index in [9.17, 15) is 14.0 Å². The Balaban J connectivity index is 2.95. The van der Waals surface area contributed by atoms with Crippen molar-refractivity contribution >= 4 is 17.6 Å². The fourth-order valence-electron chi connectivity index (χ4n) is 1.48. The molecule has 0 aliphatic rings. The number of hydrogen-bond acceptors (Lipinski definition) is 4. The number of halogens is 1. The van der Waals surface area contributed by atoms with Crippen LogP contribution in [-0.4, -0.2) is 24.5 Å². The molecule has 0 radical (unpaired) electrons. The highest BCUT2D eigenvalue weighted by atomic mass is 19.1. The van der Waals surface area contributed by atoms with Crippen molar-refractivity contribution in [2.75, 3.05) is 11.5 Å². The van der Waals surface area contributed by atoms with Gasteiger partial charge in [-0.3, -0.25) is 14.5 Å². The summed E-state index contributed by atoms with van der Waals surface area (Å²) in [7, 11) is 0. The predicted octanol–water partition coefficient (Wildman–Crippen LogP) is 1.63. The van der Waals surface area contributed by atoms with E-state index in [0.717, 1.165) is 4.90 Å². The predicted molar refractivity (Wildman–Crippen MR) is 65.6 cm³/mol. The summed E-state index contributed by atoms with van der Waals surface area (Å²) in [5.74, 6) is -1.58. The van der Waals surface area contributed by atoms with Crippen LogP contribution in [0.25, 0.3) is 0 Å². The molecular formula is C13H13FN2O3. The Hall–Kier alpha value is -2.42. The first-order valence-corrected chi connectivity index (χ1v) is 5.56. The lowest BCUT2D eigenvalue weighted by molar-refractivity contribution is -0.145. The molecular weight excluding hydrogens is 251 g/mol. The summed E-state index contributed by atoms with van der Waals surface area (Å²) in [4.78, 5) is 23.8. The highest BCUT2D eigenvalue weighted by molar-refractivity contribution is 5.96. The third kappa shape index (κ3) is 4.07. The van der Waals surface area contributed by atoms with E-state index >= 15 is 0 Å². The van der Waals surface area contributed by atoms with Gasteiger partial charge in [-0.15, -0.1) is 0 Å². The van der Waals surface area contributed by atoms with Gasteiger partial charge in [0.1, 0.15) is 11.9 Å². The van der Waals surface area contributed by atoms with Gasteiger partial charge < -0.3 is 4.74 Å². The molecule has 1 aromatic rings. The third-order valence-electron chi connectivity index (χ3n) is 2.35. The maximum absolute atomic E-state index is 12.9. The summed E-state index contributed by atoms with van der Waals surface area (Å²) in [6.45, 7) is 2.25. The highest BCUT2D eigenvalue weighted by Gasteiger charge is 2.22. The first-order valence-electron chi connectivity index (χ1n) is 5.56. The minimum Gasteiger partial charge on any atom is -0.456 e. The van der Waals surface area contributed by atoms with Crippen LogP contribution in [0.4, 0.5) is 10.1 Å². The average Bonchev–Trinajstić information content (AvgIpc) is 2.38. The Labute approximate surface area is 110 Å². The summed E-state index contributed by atoms with van der Waals surface area (Å²) in [5.41, 5.74) is 0.368. The smallest absolute Gasteiger partial charge is 0.303 e. The second-order valence-electron chi connectivity index (χ2n) is 3.83. The van der Waals surface area contributed by atoms with E-state index in [1.807, 2.05) is 6.07 Å². The molecule has 1 aromatic carbocycles. The molecule has 1 atom stereocenters. The van der Waals surface area contributed by atoms with Crippen molar-refractivity contribution in [3.05, 3.63) is 30.1 Å². The Morgan fingerprint density at radius 1 is 1.42 bits per heavy atom. The highest BCUT2D eigenvalue weighted by Crippen LogP contribution is 2.18. The van der Waals surface area contributed by atoms with Crippen LogP contribution < -0.4 is 4.90 Å². The van der Waals surface area contributed by atoms with Crippen molar-refractivity contribution in [3.8, 4) is 6.07 Å². The standard InChI is InChI=1S/C13H13FN2O3/c1-9(7-15)16(13(18)8-19-10(2)17)12-5-3-11(14)4-6-12/h3-6,9H,8H2,1-2H3. The number of anilines is 1. The molecule has 0 bridgehead atoms. The lowest BCUT2D eigenvalue weighted by Gasteiger charge is -2.24. The van der Waals surface area contributed by atoms with Crippen LogP contribution in [0.2, 0.25) is 0 Å². The van der Waals surface area contributed by atoms with Gasteiger partial charge in [0.2, 0.25) is 0 Å². The SMILES string of the molecule is CC(=O)OCC(=O)N(c1ccc(F)cc1)C(C)C#N. The molecule has 1 unspecified atom stereocenters. The van der Waals surface area contributed by atoms with E-state index in [4.69, 9.17) is 5.26 Å². The Morgan fingerprint density at radius 2 is 2.00 bits per heavy atom. The number of rotatable bonds is 4. The third-order valence-corrected chi connectivity index (χ3v) is 2.35. The topological polar surface area (TPSA) is 70.4 Å². The minimum atomic E-state index is -0.756. The monoisotopic (exact) mass is 264 g/mol. The summed E-state index contributed by atoms with van der Waals surface area (Å²) >= 11 is 0. The number of nitriles is 1. The number of hydrogen-bond donors (Lipinski definition) is 0. The number of carbonyl (C=O) groups is 2. The summed E-state index contributed by atoms with van der Waals surface area (Å²) in [6, 6.07) is 6.30. The lowest BCUT2D eigenvalue weighted by atomic mass is 10.2. The maximum atomic E-state index is 12.9. The van der Waals surface area contributed by atoms with Crippen LogP contribution in [0.15, 0.2) is 24.3 Å². The zero-order chi connectivity index (χ0) is 14.4. The van der Waals surface area contributed by atoms with E-state index < -0.39 is 30.3 Å². The maximum Gasteiger partial charge on any atom is 0.303 e. The molecule has 0 N–H and O–H groups in total. The first kappa shape index (κ1) is 14.6. The lowest BCUT2D eigenvalue weighted by Crippen LogP contribution is -2.40. The second-order valence-corrected chi connectivity index (χ2v) is 3.83. The van der Waals surface area contributed by atoms with Gasteiger partial charge in [-0.1, -0.05) is 0 Å². The molecule has 0 aromatic heterocycles. The molecule has 0 spiro atoms. The van der Waals surface area contributed by atoms with E-state index in [1.165, 1.54) is 38.1 Å². The Morgan fingerprint density at radius 3 is 2.47 bits per heavy atom. The van der Waals surface area contributed by atoms with Gasteiger partial charge in [0, 0.05) is 12.6 Å². The number of amides is 1. The van der Waals surface area contributed by atoms with Gasteiger partial charge in [-0.25, -0.2) is 4.39 Å². The van der Waals surface area contributed by atoms with Gasteiger partial charge in [0.15, 0.2) is 6.61 Å². The number of nitrogens with zero attached hydrogens (tertiary/aromatic N) is 2. The van der Waals surface area contributed by atoms with Crippen LogP contribution in [0.5, 0.6) is 0 Å². The molecule has 0 aliphatic carbocycles. The van der Waals surface area contributed by atoms with E-state index in [2.05, 4.69) is 4.74 Å². The number of benzene rings is 1. The van der Waals surface area contributed by atoms with Crippen LogP contribution in [0.3, 0.4) is 0 Å². The molecule has 100 valence electrons. The molecule has 6 heteroatoms. The minimum absolute atomic E-state index is 0.368. The fourth-order valence-corrected chi connectivity index (χ4v) is 1.48. The molecule has 0 saturated carbocycles. The van der Waals surface area contributed by atoms with Gasteiger partial charge in [0.25, 0.3) is 5.91 Å². The van der Waals surface area contributed by atoms with E-state index in [1.54, 1.807) is 0 Å². The molecule has 19 heavy (non-hydrogen) atoms. The van der Waals surface area contributed by atoms with Crippen molar-refractivity contribution in [2.45, 2.75) is 19.9 Å². The normalized spacial score (nSPS) is 11.3. The quantitative estimate of drug-likeness (QED) is 0.775. The number of ether oxygens (including phenoxy) is 1. The largest absolute Gasteiger partial charge is 0.456 e. The summed E-state index contributed by atoms with van der Waals surface area (Å²) in [5, 5.41) is 8.92. The molecule has 5 nitrogen and oxygen atoms in total. The summed E-state index contributed by atoms with van der Waals surface area (Å²) < 4.78 is 17.5. The number of carbonyl (C=O) groups excluding carboxylic acids is 2.